The van der Waals surface area contributed by atoms with Crippen LogP contribution in [0.1, 0.15) is 130 Å². The molecule has 0 saturated heterocycles. The lowest BCUT2D eigenvalue weighted by molar-refractivity contribution is 0.168. The number of hydrogen-bond acceptors (Lipinski definition) is 2. The van der Waals surface area contributed by atoms with Crippen LogP contribution < -0.4 is 0 Å². The van der Waals surface area contributed by atoms with Crippen molar-refractivity contribution >= 4 is 8.56 Å². The normalized spacial score (nSPS) is 12.0. The van der Waals surface area contributed by atoms with Gasteiger partial charge in [0, 0.05) is 13.2 Å². The van der Waals surface area contributed by atoms with Crippen LogP contribution in [0.2, 0.25) is 12.6 Å². The molecule has 0 heterocycles. The zero-order chi connectivity index (χ0) is 20.1. The van der Waals surface area contributed by atoms with Crippen LogP contribution in [0.15, 0.2) is 0 Å². The molecule has 0 rings (SSSR count). The Morgan fingerprint density at radius 2 is 0.778 bits per heavy atom. The van der Waals surface area contributed by atoms with Gasteiger partial charge in [0.25, 0.3) is 0 Å². The van der Waals surface area contributed by atoms with E-state index in [0.717, 1.165) is 13.2 Å². The molecule has 2 nitrogen and oxygen atoms in total. The molecule has 0 aromatic carbocycles. The van der Waals surface area contributed by atoms with Gasteiger partial charge in [-0.2, -0.15) is 0 Å². The predicted octanol–water partition coefficient (Wildman–Crippen LogP) is 8.78. The molecular weight excluding hydrogens is 348 g/mol. The monoisotopic (exact) mass is 400 g/mol. The molecule has 0 aromatic rings. The van der Waals surface area contributed by atoms with E-state index >= 15 is 0 Å². The van der Waals surface area contributed by atoms with Crippen molar-refractivity contribution in [2.45, 2.75) is 143 Å². The lowest BCUT2D eigenvalue weighted by Gasteiger charge is -2.27. The highest BCUT2D eigenvalue weighted by Crippen LogP contribution is 2.20. The quantitative estimate of drug-likeness (QED) is 0.133. The van der Waals surface area contributed by atoms with Gasteiger partial charge >= 0.3 is 8.56 Å². The second kappa shape index (κ2) is 20.9. The van der Waals surface area contributed by atoms with Gasteiger partial charge in [0.2, 0.25) is 0 Å². The van der Waals surface area contributed by atoms with Crippen LogP contribution in [0.25, 0.3) is 0 Å². The molecule has 0 fully saturated rings. The highest BCUT2D eigenvalue weighted by molar-refractivity contribution is 6.66. The second-order valence-corrected chi connectivity index (χ2v) is 11.9. The van der Waals surface area contributed by atoms with Gasteiger partial charge in [-0.05, 0) is 25.4 Å². The summed E-state index contributed by atoms with van der Waals surface area (Å²) in [4.78, 5) is 0. The molecule has 0 unspecified atom stereocenters. The van der Waals surface area contributed by atoms with Crippen LogP contribution >= 0.6 is 0 Å². The third kappa shape index (κ3) is 19.2. The summed E-state index contributed by atoms with van der Waals surface area (Å²) in [6, 6.07) is 1.18. The third-order valence-corrected chi connectivity index (χ3v) is 8.44. The van der Waals surface area contributed by atoms with E-state index in [1.165, 1.54) is 115 Å². The Bertz CT molecular complexity index is 274. The molecule has 0 bridgehead atoms. The SMILES string of the molecule is CCCCCCCCCCCCCCC[Si](C)(OCCCC)OCCCC. The molecule has 0 amide bonds. The van der Waals surface area contributed by atoms with E-state index in [4.69, 9.17) is 8.85 Å². The fourth-order valence-electron chi connectivity index (χ4n) is 3.51. The molecular formula is C24H52O2Si. The van der Waals surface area contributed by atoms with E-state index in [0.29, 0.717) is 0 Å². The first-order valence-electron chi connectivity index (χ1n) is 12.5. The van der Waals surface area contributed by atoms with Gasteiger partial charge in [0.15, 0.2) is 0 Å². The van der Waals surface area contributed by atoms with Crippen molar-refractivity contribution < 1.29 is 8.85 Å². The molecule has 0 radical (unpaired) electrons. The van der Waals surface area contributed by atoms with Crippen molar-refractivity contribution in [2.24, 2.45) is 0 Å². The lowest BCUT2D eigenvalue weighted by Crippen LogP contribution is -2.39. The van der Waals surface area contributed by atoms with Crippen LogP contribution in [0.4, 0.5) is 0 Å². The zero-order valence-electron chi connectivity index (χ0n) is 19.5. The second-order valence-electron chi connectivity index (χ2n) is 8.53. The highest BCUT2D eigenvalue weighted by Gasteiger charge is 2.30. The van der Waals surface area contributed by atoms with E-state index < -0.39 is 8.56 Å². The Hall–Kier alpha value is 0.137. The molecule has 0 saturated carbocycles. The first kappa shape index (κ1) is 27.1. The summed E-state index contributed by atoms with van der Waals surface area (Å²) in [6.07, 6.45) is 23.1. The summed E-state index contributed by atoms with van der Waals surface area (Å²) < 4.78 is 12.5. The summed E-state index contributed by atoms with van der Waals surface area (Å²) >= 11 is 0. The smallest absolute Gasteiger partial charge is 0.334 e. The standard InChI is InChI=1S/C24H52O2Si/c1-5-8-11-12-13-14-15-16-17-18-19-20-21-24-27(4,25-22-9-6-2)26-23-10-7-3/h5-24H2,1-4H3. The Balaban J connectivity index is 3.60. The van der Waals surface area contributed by atoms with Crippen molar-refractivity contribution in [3.63, 3.8) is 0 Å². The van der Waals surface area contributed by atoms with E-state index in [1.807, 2.05) is 0 Å². The summed E-state index contributed by atoms with van der Waals surface area (Å²) in [6.45, 7) is 10.8. The molecule has 0 aliphatic carbocycles. The molecule has 0 aliphatic heterocycles. The Morgan fingerprint density at radius 3 is 1.15 bits per heavy atom. The van der Waals surface area contributed by atoms with Crippen molar-refractivity contribution in [1.82, 2.24) is 0 Å². The Kier molecular flexibility index (Phi) is 21.0. The molecule has 0 atom stereocenters. The largest absolute Gasteiger partial charge is 0.394 e. The van der Waals surface area contributed by atoms with E-state index in [1.54, 1.807) is 0 Å². The first-order chi connectivity index (χ1) is 13.2. The van der Waals surface area contributed by atoms with Crippen molar-refractivity contribution in [1.29, 1.82) is 0 Å². The van der Waals surface area contributed by atoms with E-state index in [-0.39, 0.29) is 0 Å². The number of rotatable bonds is 22. The predicted molar refractivity (Wildman–Crippen MR) is 124 cm³/mol. The minimum absolute atomic E-state index is 0.893. The van der Waals surface area contributed by atoms with Crippen LogP contribution in [0, 0.1) is 0 Å². The van der Waals surface area contributed by atoms with E-state index in [2.05, 4.69) is 27.3 Å². The maximum absolute atomic E-state index is 6.24. The molecule has 0 aromatic heterocycles. The Labute approximate surface area is 173 Å². The Morgan fingerprint density at radius 1 is 0.444 bits per heavy atom. The minimum atomic E-state index is -1.92. The first-order valence-corrected chi connectivity index (χ1v) is 15.0. The maximum Gasteiger partial charge on any atom is 0.334 e. The summed E-state index contributed by atoms with van der Waals surface area (Å²) in [5.41, 5.74) is 0. The van der Waals surface area contributed by atoms with Gasteiger partial charge in [-0.3, -0.25) is 0 Å². The summed E-state index contributed by atoms with van der Waals surface area (Å²) in [5, 5.41) is 0. The van der Waals surface area contributed by atoms with Crippen molar-refractivity contribution in [2.75, 3.05) is 13.2 Å². The number of unbranched alkanes of at least 4 members (excludes halogenated alkanes) is 14. The van der Waals surface area contributed by atoms with Gasteiger partial charge < -0.3 is 8.85 Å². The molecule has 0 N–H and O–H groups in total. The molecule has 164 valence electrons. The topological polar surface area (TPSA) is 18.5 Å². The molecule has 0 aliphatic rings. The minimum Gasteiger partial charge on any atom is -0.394 e. The van der Waals surface area contributed by atoms with Crippen LogP contribution in [-0.4, -0.2) is 21.8 Å². The van der Waals surface area contributed by atoms with Crippen LogP contribution in [0.5, 0.6) is 0 Å². The highest BCUT2D eigenvalue weighted by atomic mass is 28.4. The van der Waals surface area contributed by atoms with Gasteiger partial charge in [0.1, 0.15) is 0 Å². The van der Waals surface area contributed by atoms with Gasteiger partial charge in [0.05, 0.1) is 0 Å². The zero-order valence-corrected chi connectivity index (χ0v) is 20.5. The van der Waals surface area contributed by atoms with E-state index in [9.17, 15) is 0 Å². The molecule has 3 heteroatoms. The van der Waals surface area contributed by atoms with Crippen LogP contribution in [0.3, 0.4) is 0 Å². The fourth-order valence-corrected chi connectivity index (χ4v) is 5.93. The summed E-state index contributed by atoms with van der Waals surface area (Å²) in [7, 11) is -1.92. The lowest BCUT2D eigenvalue weighted by atomic mass is 10.1. The van der Waals surface area contributed by atoms with Gasteiger partial charge in [-0.1, -0.05) is 117 Å². The van der Waals surface area contributed by atoms with Crippen molar-refractivity contribution in [3.8, 4) is 0 Å². The molecule has 27 heavy (non-hydrogen) atoms. The fraction of sp³-hybridized carbons (Fsp3) is 1.00. The van der Waals surface area contributed by atoms with Gasteiger partial charge in [-0.15, -0.1) is 0 Å². The third-order valence-electron chi connectivity index (χ3n) is 5.55. The van der Waals surface area contributed by atoms with Crippen LogP contribution in [-0.2, 0) is 8.85 Å². The van der Waals surface area contributed by atoms with Crippen molar-refractivity contribution in [3.05, 3.63) is 0 Å². The average molecular weight is 401 g/mol. The summed E-state index contributed by atoms with van der Waals surface area (Å²) in [5.74, 6) is 0. The maximum atomic E-state index is 6.24. The van der Waals surface area contributed by atoms with Gasteiger partial charge in [-0.25, -0.2) is 0 Å². The average Bonchev–Trinajstić information content (AvgIpc) is 2.66. The molecule has 0 spiro atoms. The number of hydrogen-bond donors (Lipinski definition) is 0.